The van der Waals surface area contributed by atoms with Gasteiger partial charge in [0.2, 0.25) is 5.84 Å². The molecule has 0 aromatic heterocycles. The van der Waals surface area contributed by atoms with E-state index >= 15 is 0 Å². The van der Waals surface area contributed by atoms with Crippen molar-refractivity contribution < 1.29 is 22.8 Å². The Morgan fingerprint density at radius 3 is 2.05 bits per heavy atom. The van der Waals surface area contributed by atoms with Gasteiger partial charge in [0, 0.05) is 23.8 Å². The van der Waals surface area contributed by atoms with Crippen LogP contribution >= 0.6 is 12.0 Å². The second-order valence-electron chi connectivity index (χ2n) is 6.13. The van der Waals surface area contributed by atoms with Gasteiger partial charge in [-0.05, 0) is 36.4 Å². The zero-order valence-electron chi connectivity index (χ0n) is 22.7. The molecule has 0 amide bonds. The molecule has 12 heteroatoms. The fourth-order valence-electron chi connectivity index (χ4n) is 2.17. The molecule has 10 nitrogen and oxygen atoms in total. The molecule has 0 fully saturated rings. The van der Waals surface area contributed by atoms with Gasteiger partial charge in [-0.1, -0.05) is 70.2 Å². The number of nitrogens with zero attached hydrogens (tertiary/aromatic N) is 3. The third-order valence-corrected chi connectivity index (χ3v) is 4.86. The number of azo groups is 1. The highest BCUT2D eigenvalue weighted by Crippen LogP contribution is 2.25. The minimum Gasteiger partial charge on any atom is -0.506 e. The molecule has 38 heavy (non-hydrogen) atoms. The Morgan fingerprint density at radius 1 is 0.921 bits per heavy atom. The highest BCUT2D eigenvalue weighted by Gasteiger charge is 2.04. The second kappa shape index (κ2) is 23.0. The summed E-state index contributed by atoms with van der Waals surface area (Å²) in [5, 5.41) is 22.6. The summed E-state index contributed by atoms with van der Waals surface area (Å²) in [4.78, 5) is 5.46. The zero-order valence-corrected chi connectivity index (χ0v) is 24.4. The van der Waals surface area contributed by atoms with Crippen molar-refractivity contribution in [3.8, 4) is 5.75 Å². The first kappa shape index (κ1) is 34.9. The molecule has 0 saturated carbocycles. The molecule has 0 heterocycles. The Morgan fingerprint density at radius 2 is 1.50 bits per heavy atom. The molecule has 1 unspecified atom stereocenters. The summed E-state index contributed by atoms with van der Waals surface area (Å²) in [6.07, 6.45) is 1.47. The molecule has 0 saturated heterocycles. The number of para-hydroxylation sites is 1. The van der Waals surface area contributed by atoms with E-state index in [1.54, 1.807) is 31.3 Å². The number of hydrazone groups is 1. The summed E-state index contributed by atoms with van der Waals surface area (Å²) in [5.41, 5.74) is 7.29. The number of rotatable bonds is 9. The van der Waals surface area contributed by atoms with Gasteiger partial charge in [0.1, 0.15) is 11.4 Å². The number of hydroxylamine groups is 1. The van der Waals surface area contributed by atoms with Crippen molar-refractivity contribution in [2.75, 3.05) is 25.8 Å². The van der Waals surface area contributed by atoms with Gasteiger partial charge in [0.15, 0.2) is 11.1 Å². The van der Waals surface area contributed by atoms with Crippen LogP contribution in [0.3, 0.4) is 0 Å². The third kappa shape index (κ3) is 15.2. The van der Waals surface area contributed by atoms with Gasteiger partial charge in [-0.3, -0.25) is 9.61 Å². The number of phenols is 1. The Kier molecular flexibility index (Phi) is 21.1. The van der Waals surface area contributed by atoms with E-state index in [-0.39, 0.29) is 5.75 Å². The van der Waals surface area contributed by atoms with Crippen LogP contribution in [0.15, 0.2) is 99.1 Å². The number of aromatic hydroxyl groups is 1. The maximum absolute atomic E-state index is 9.87. The Labute approximate surface area is 232 Å². The molecular weight excluding hydrogens is 526 g/mol. The van der Waals surface area contributed by atoms with E-state index in [0.717, 1.165) is 28.2 Å². The van der Waals surface area contributed by atoms with Gasteiger partial charge in [-0.15, -0.1) is 19.6 Å². The Balaban J connectivity index is 0.00000134. The Bertz CT molecular complexity index is 1080. The van der Waals surface area contributed by atoms with Crippen molar-refractivity contribution in [3.05, 3.63) is 84.4 Å². The number of phenolic OH excluding ortho intramolecular Hbond substituents is 1. The summed E-state index contributed by atoms with van der Waals surface area (Å²) in [7, 11) is 3.00. The molecule has 0 aliphatic carbocycles. The summed E-state index contributed by atoms with van der Waals surface area (Å²) >= 11 is 0.00400. The predicted molar refractivity (Wildman–Crippen MR) is 157 cm³/mol. The fraction of sp³-hybridized carbons (Fsp3) is 0.269. The minimum absolute atomic E-state index is 0.0502. The van der Waals surface area contributed by atoms with Gasteiger partial charge in [-0.25, -0.2) is 4.21 Å². The topological polar surface area (TPSA) is 126 Å². The first-order valence-corrected chi connectivity index (χ1v) is 14.0. The number of hydrogen-bond donors (Lipinski definition) is 3. The lowest BCUT2D eigenvalue weighted by molar-refractivity contribution is -0.237. The largest absolute Gasteiger partial charge is 0.506 e. The van der Waals surface area contributed by atoms with E-state index in [2.05, 4.69) is 35.4 Å². The number of amidine groups is 1. The molecule has 0 radical (unpaired) electrons. The first-order valence-electron chi connectivity index (χ1n) is 11.8. The van der Waals surface area contributed by atoms with Gasteiger partial charge < -0.3 is 5.11 Å². The molecule has 3 aromatic carbocycles. The first-order chi connectivity index (χ1) is 18.5. The highest BCUT2D eigenvalue weighted by atomic mass is 32.2. The van der Waals surface area contributed by atoms with E-state index in [1.165, 1.54) is 13.4 Å². The lowest BCUT2D eigenvalue weighted by atomic mass is 10.2. The minimum atomic E-state index is -1.07. The van der Waals surface area contributed by atoms with Crippen LogP contribution in [-0.2, 0) is 24.6 Å². The van der Waals surface area contributed by atoms with Crippen molar-refractivity contribution in [2.24, 2.45) is 15.3 Å². The lowest BCUT2D eigenvalue weighted by Gasteiger charge is -2.05. The Hall–Kier alpha value is -3.13. The SMILES string of the molecule is CC.CC.CNOOSc1ccc(N/N=C(\N=Nc2ccccc2O)c2ccccc2)cc1.COS(C)=O. The monoisotopic (exact) mass is 563 g/mol. The molecule has 3 rings (SSSR count). The highest BCUT2D eigenvalue weighted by molar-refractivity contribution is 7.94. The van der Waals surface area contributed by atoms with Crippen LogP contribution in [0.5, 0.6) is 5.75 Å². The van der Waals surface area contributed by atoms with Crippen LogP contribution in [0.2, 0.25) is 0 Å². The van der Waals surface area contributed by atoms with E-state index in [0.29, 0.717) is 11.5 Å². The van der Waals surface area contributed by atoms with E-state index < -0.39 is 11.1 Å². The zero-order chi connectivity index (χ0) is 28.6. The number of benzene rings is 3. The molecule has 0 aliphatic heterocycles. The second-order valence-corrected chi connectivity index (χ2v) is 8.04. The normalized spacial score (nSPS) is 11.2. The third-order valence-electron chi connectivity index (χ3n) is 3.79. The number of anilines is 1. The smallest absolute Gasteiger partial charge is 0.201 e. The van der Waals surface area contributed by atoms with Crippen LogP contribution in [0.1, 0.15) is 33.3 Å². The van der Waals surface area contributed by atoms with Crippen molar-refractivity contribution in [2.45, 2.75) is 32.6 Å². The molecule has 208 valence electrons. The average Bonchev–Trinajstić information content (AvgIpc) is 2.97. The van der Waals surface area contributed by atoms with Crippen LogP contribution in [0.25, 0.3) is 0 Å². The molecule has 3 aromatic rings. The summed E-state index contributed by atoms with van der Waals surface area (Å²) < 4.78 is 18.8. The summed E-state index contributed by atoms with van der Waals surface area (Å²) in [6, 6.07) is 23.6. The summed E-state index contributed by atoms with van der Waals surface area (Å²) in [5.74, 6) is 0.423. The molecule has 0 bridgehead atoms. The molecule has 0 spiro atoms. The van der Waals surface area contributed by atoms with Gasteiger partial charge in [0.05, 0.1) is 24.8 Å². The lowest BCUT2D eigenvalue weighted by Crippen LogP contribution is -2.04. The maximum atomic E-state index is 9.87. The molecular formula is C26H37N5O5S2. The van der Waals surface area contributed by atoms with Gasteiger partial charge >= 0.3 is 0 Å². The van der Waals surface area contributed by atoms with Crippen LogP contribution < -0.4 is 10.9 Å². The van der Waals surface area contributed by atoms with Crippen LogP contribution in [0, 0.1) is 0 Å². The standard InChI is InChI=1S/C20H19N5O3S.C2H6O2S.2C2H6/c1-21-27-28-29-17-13-11-16(12-14-17)22-24-20(15-7-3-2-4-8-15)25-23-18-9-5-6-10-19(18)26;1-4-5(2)3;2*1-2/h2-14,21-22,26H,1H3;1-2H3;2*1-2H3/b24-20-,25-23?;;;. The van der Waals surface area contributed by atoms with Crippen LogP contribution in [0.4, 0.5) is 11.4 Å². The number of nitrogens with one attached hydrogen (secondary N) is 2. The number of hydrogen-bond acceptors (Lipinski definition) is 10. The van der Waals surface area contributed by atoms with Crippen molar-refractivity contribution in [1.82, 2.24) is 5.48 Å². The van der Waals surface area contributed by atoms with Gasteiger partial charge in [0.25, 0.3) is 0 Å². The molecule has 1 atom stereocenters. The van der Waals surface area contributed by atoms with Crippen molar-refractivity contribution in [3.63, 3.8) is 0 Å². The fourth-order valence-corrected chi connectivity index (χ4v) is 2.60. The molecule has 0 aliphatic rings. The maximum Gasteiger partial charge on any atom is 0.201 e. The van der Waals surface area contributed by atoms with Gasteiger partial charge in [-0.2, -0.15) is 10.6 Å². The summed E-state index contributed by atoms with van der Waals surface area (Å²) in [6.45, 7) is 8.00. The van der Waals surface area contributed by atoms with E-state index in [4.69, 9.17) is 4.33 Å². The average molecular weight is 564 g/mol. The molecule has 3 N–H and O–H groups in total. The van der Waals surface area contributed by atoms with E-state index in [1.807, 2.05) is 82.3 Å². The predicted octanol–water partition coefficient (Wildman–Crippen LogP) is 7.02. The van der Waals surface area contributed by atoms with Crippen molar-refractivity contribution >= 4 is 40.3 Å². The quantitative estimate of drug-likeness (QED) is 0.0482. The van der Waals surface area contributed by atoms with Crippen LogP contribution in [-0.4, -0.2) is 35.6 Å². The van der Waals surface area contributed by atoms with Crippen molar-refractivity contribution in [1.29, 1.82) is 0 Å². The van der Waals surface area contributed by atoms with E-state index in [9.17, 15) is 9.32 Å².